The molecular formula is C15H26N2O. The quantitative estimate of drug-likeness (QED) is 0.890. The van der Waals surface area contributed by atoms with E-state index in [-0.39, 0.29) is 0 Å². The fourth-order valence-corrected chi connectivity index (χ4v) is 3.03. The van der Waals surface area contributed by atoms with Crippen molar-refractivity contribution in [3.63, 3.8) is 0 Å². The summed E-state index contributed by atoms with van der Waals surface area (Å²) in [6, 6.07) is 2.50. The van der Waals surface area contributed by atoms with E-state index in [1.807, 2.05) is 10.9 Å². The topological polar surface area (TPSA) is 38.0 Å². The molecule has 3 atom stereocenters. The monoisotopic (exact) mass is 250 g/mol. The summed E-state index contributed by atoms with van der Waals surface area (Å²) in [6.45, 7) is 6.58. The number of nitrogens with zero attached hydrogens (tertiary/aromatic N) is 2. The first-order valence-electron chi connectivity index (χ1n) is 7.29. The largest absolute Gasteiger partial charge is 0.389 e. The molecular weight excluding hydrogens is 224 g/mol. The molecule has 0 spiro atoms. The maximum Gasteiger partial charge on any atom is 0.0706 e. The van der Waals surface area contributed by atoms with Crippen LogP contribution in [-0.2, 0) is 6.42 Å². The number of hydrogen-bond acceptors (Lipinski definition) is 2. The van der Waals surface area contributed by atoms with Gasteiger partial charge in [-0.15, -0.1) is 0 Å². The predicted molar refractivity (Wildman–Crippen MR) is 73.5 cm³/mol. The van der Waals surface area contributed by atoms with Gasteiger partial charge in [-0.05, 0) is 38.2 Å². The van der Waals surface area contributed by atoms with E-state index in [9.17, 15) is 5.11 Å². The Hall–Kier alpha value is -0.830. The fourth-order valence-electron chi connectivity index (χ4n) is 3.03. The second-order valence-electron chi connectivity index (χ2n) is 6.15. The molecule has 0 aromatic carbocycles. The molecule has 1 aromatic rings. The van der Waals surface area contributed by atoms with Gasteiger partial charge >= 0.3 is 0 Å². The molecule has 1 fully saturated rings. The van der Waals surface area contributed by atoms with Crippen molar-refractivity contribution in [1.29, 1.82) is 0 Å². The van der Waals surface area contributed by atoms with Crippen LogP contribution in [0, 0.1) is 5.92 Å². The van der Waals surface area contributed by atoms with Crippen molar-refractivity contribution in [2.45, 2.75) is 70.9 Å². The third-order valence-electron chi connectivity index (χ3n) is 4.28. The number of aromatic nitrogens is 2. The van der Waals surface area contributed by atoms with Crippen LogP contribution in [-0.4, -0.2) is 20.5 Å². The van der Waals surface area contributed by atoms with E-state index >= 15 is 0 Å². The molecule has 0 aliphatic heterocycles. The molecule has 1 saturated carbocycles. The Morgan fingerprint density at radius 2 is 2.39 bits per heavy atom. The van der Waals surface area contributed by atoms with Gasteiger partial charge in [0.2, 0.25) is 0 Å². The molecule has 102 valence electrons. The van der Waals surface area contributed by atoms with Crippen LogP contribution >= 0.6 is 0 Å². The summed E-state index contributed by atoms with van der Waals surface area (Å²) in [7, 11) is 0. The molecule has 18 heavy (non-hydrogen) atoms. The van der Waals surface area contributed by atoms with Crippen molar-refractivity contribution in [3.8, 4) is 0 Å². The second-order valence-corrected chi connectivity index (χ2v) is 6.15. The highest BCUT2D eigenvalue weighted by Crippen LogP contribution is 2.34. The molecule has 2 rings (SSSR count). The zero-order chi connectivity index (χ0) is 13.2. The van der Waals surface area contributed by atoms with Gasteiger partial charge in [-0.25, -0.2) is 0 Å². The zero-order valence-corrected chi connectivity index (χ0v) is 11.9. The molecule has 0 radical (unpaired) electrons. The van der Waals surface area contributed by atoms with Crippen LogP contribution in [0.15, 0.2) is 12.3 Å². The van der Waals surface area contributed by atoms with E-state index in [1.165, 1.54) is 6.42 Å². The zero-order valence-electron chi connectivity index (χ0n) is 11.9. The van der Waals surface area contributed by atoms with Crippen LogP contribution in [0.2, 0.25) is 0 Å². The van der Waals surface area contributed by atoms with E-state index in [0.717, 1.165) is 31.4 Å². The highest BCUT2D eigenvalue weighted by Gasteiger charge is 2.33. The van der Waals surface area contributed by atoms with E-state index in [1.54, 1.807) is 0 Å². The van der Waals surface area contributed by atoms with Crippen LogP contribution in [0.4, 0.5) is 0 Å². The van der Waals surface area contributed by atoms with Crippen molar-refractivity contribution in [2.24, 2.45) is 5.92 Å². The standard InChI is InChI=1S/C15H26N2O/c1-4-13(3)17-9-7-14(16-17)11-15(18)8-5-6-12(2)10-15/h7,9,12-13,18H,4-6,8,10-11H2,1-3H3. The highest BCUT2D eigenvalue weighted by molar-refractivity contribution is 5.05. The van der Waals surface area contributed by atoms with Crippen molar-refractivity contribution in [3.05, 3.63) is 18.0 Å². The first-order valence-corrected chi connectivity index (χ1v) is 7.29. The summed E-state index contributed by atoms with van der Waals surface area (Å²) < 4.78 is 2.02. The first-order chi connectivity index (χ1) is 8.52. The molecule has 1 N–H and O–H groups in total. The molecule has 1 heterocycles. The normalized spacial score (nSPS) is 30.3. The Morgan fingerprint density at radius 1 is 1.61 bits per heavy atom. The van der Waals surface area contributed by atoms with Crippen LogP contribution in [0.25, 0.3) is 0 Å². The van der Waals surface area contributed by atoms with Gasteiger partial charge < -0.3 is 5.11 Å². The average Bonchev–Trinajstić information content (AvgIpc) is 2.75. The highest BCUT2D eigenvalue weighted by atomic mass is 16.3. The van der Waals surface area contributed by atoms with Crippen molar-refractivity contribution in [2.75, 3.05) is 0 Å². The SMILES string of the molecule is CCC(C)n1ccc(CC2(O)CCCC(C)C2)n1. The van der Waals surface area contributed by atoms with Gasteiger partial charge in [0.05, 0.1) is 11.3 Å². The van der Waals surface area contributed by atoms with E-state index < -0.39 is 5.60 Å². The lowest BCUT2D eigenvalue weighted by Crippen LogP contribution is -2.36. The third-order valence-corrected chi connectivity index (χ3v) is 4.28. The average molecular weight is 250 g/mol. The van der Waals surface area contributed by atoms with Crippen LogP contribution in [0.3, 0.4) is 0 Å². The van der Waals surface area contributed by atoms with Crippen molar-refractivity contribution < 1.29 is 5.11 Å². The Bertz CT molecular complexity index is 388. The molecule has 0 amide bonds. The Morgan fingerprint density at radius 3 is 3.06 bits per heavy atom. The molecule has 1 aliphatic rings. The molecule has 0 saturated heterocycles. The second kappa shape index (κ2) is 5.43. The molecule has 1 aliphatic carbocycles. The number of rotatable bonds is 4. The molecule has 0 bridgehead atoms. The molecule has 3 unspecified atom stereocenters. The number of aliphatic hydroxyl groups is 1. The summed E-state index contributed by atoms with van der Waals surface area (Å²) >= 11 is 0. The van der Waals surface area contributed by atoms with Gasteiger partial charge in [-0.2, -0.15) is 5.10 Å². The van der Waals surface area contributed by atoms with Gasteiger partial charge in [0, 0.05) is 18.7 Å². The van der Waals surface area contributed by atoms with Crippen molar-refractivity contribution in [1.82, 2.24) is 9.78 Å². The predicted octanol–water partition coefficient (Wildman–Crippen LogP) is 3.34. The third kappa shape index (κ3) is 3.14. The smallest absolute Gasteiger partial charge is 0.0706 e. The lowest BCUT2D eigenvalue weighted by Gasteiger charge is -2.35. The minimum absolute atomic E-state index is 0.443. The molecule has 3 nitrogen and oxygen atoms in total. The van der Waals surface area contributed by atoms with E-state index in [0.29, 0.717) is 18.4 Å². The van der Waals surface area contributed by atoms with Gasteiger partial charge in [-0.1, -0.05) is 26.7 Å². The Balaban J connectivity index is 2.02. The minimum Gasteiger partial charge on any atom is -0.389 e. The Labute approximate surface area is 110 Å². The summed E-state index contributed by atoms with van der Waals surface area (Å²) in [5.41, 5.74) is 0.513. The Kier molecular flexibility index (Phi) is 4.10. The van der Waals surface area contributed by atoms with Crippen LogP contribution < -0.4 is 0 Å². The lowest BCUT2D eigenvalue weighted by atomic mass is 9.76. The van der Waals surface area contributed by atoms with E-state index in [4.69, 9.17) is 0 Å². The lowest BCUT2D eigenvalue weighted by molar-refractivity contribution is -0.0132. The van der Waals surface area contributed by atoms with Crippen LogP contribution in [0.5, 0.6) is 0 Å². The van der Waals surface area contributed by atoms with Gasteiger partial charge in [0.1, 0.15) is 0 Å². The van der Waals surface area contributed by atoms with Crippen molar-refractivity contribution >= 4 is 0 Å². The maximum atomic E-state index is 10.7. The minimum atomic E-state index is -0.522. The fraction of sp³-hybridized carbons (Fsp3) is 0.800. The van der Waals surface area contributed by atoms with Gasteiger partial charge in [0.15, 0.2) is 0 Å². The maximum absolute atomic E-state index is 10.7. The first kappa shape index (κ1) is 13.6. The summed E-state index contributed by atoms with van der Waals surface area (Å²) in [5.74, 6) is 0.639. The van der Waals surface area contributed by atoms with Crippen LogP contribution in [0.1, 0.15) is 64.6 Å². The number of hydrogen-bond donors (Lipinski definition) is 1. The van der Waals surface area contributed by atoms with Gasteiger partial charge in [-0.3, -0.25) is 4.68 Å². The summed E-state index contributed by atoms with van der Waals surface area (Å²) in [6.07, 6.45) is 8.08. The molecule has 1 aromatic heterocycles. The summed E-state index contributed by atoms with van der Waals surface area (Å²) in [5, 5.41) is 15.3. The van der Waals surface area contributed by atoms with Gasteiger partial charge in [0.25, 0.3) is 0 Å². The molecule has 3 heteroatoms. The van der Waals surface area contributed by atoms with E-state index in [2.05, 4.69) is 31.9 Å². The summed E-state index contributed by atoms with van der Waals surface area (Å²) in [4.78, 5) is 0.